The molecule has 19 heavy (non-hydrogen) atoms. The number of unbranched alkanes of at least 4 members (excludes halogenated alkanes) is 1. The molecule has 0 aliphatic rings. The maximum absolute atomic E-state index is 11.4. The molecular weight excluding hydrogens is 246 g/mol. The van der Waals surface area contributed by atoms with Gasteiger partial charge in [-0.1, -0.05) is 13.3 Å². The van der Waals surface area contributed by atoms with Gasteiger partial charge in [0.2, 0.25) is 5.91 Å². The number of anilines is 1. The number of amides is 1. The Bertz CT molecular complexity index is 414. The van der Waals surface area contributed by atoms with Crippen LogP contribution in [0.4, 0.5) is 5.69 Å². The second-order valence-corrected chi connectivity index (χ2v) is 4.15. The van der Waals surface area contributed by atoms with Crippen molar-refractivity contribution in [3.05, 3.63) is 24.3 Å². The quantitative estimate of drug-likeness (QED) is 0.718. The third kappa shape index (κ3) is 6.45. The molecule has 0 saturated heterocycles. The summed E-state index contributed by atoms with van der Waals surface area (Å²) < 4.78 is 5.49. The van der Waals surface area contributed by atoms with Crippen LogP contribution in [0.15, 0.2) is 24.3 Å². The van der Waals surface area contributed by atoms with Gasteiger partial charge in [0.25, 0.3) is 0 Å². The van der Waals surface area contributed by atoms with Crippen molar-refractivity contribution in [3.63, 3.8) is 0 Å². The van der Waals surface area contributed by atoms with Gasteiger partial charge in [0.1, 0.15) is 5.75 Å². The second kappa shape index (κ2) is 8.13. The zero-order chi connectivity index (χ0) is 14.1. The van der Waals surface area contributed by atoms with E-state index in [1.54, 1.807) is 24.3 Å². The molecule has 104 valence electrons. The molecule has 5 heteroatoms. The molecule has 0 atom stereocenters. The number of rotatable bonds is 8. The minimum atomic E-state index is -1.23. The van der Waals surface area contributed by atoms with E-state index >= 15 is 0 Å². The number of hydrogen-bond donors (Lipinski definition) is 1. The molecule has 1 aromatic rings. The Labute approximate surface area is 112 Å². The van der Waals surface area contributed by atoms with Crippen molar-refractivity contribution in [2.24, 2.45) is 0 Å². The smallest absolute Gasteiger partial charge is 0.224 e. The molecule has 0 radical (unpaired) electrons. The van der Waals surface area contributed by atoms with Gasteiger partial charge in [-0.15, -0.1) is 0 Å². The van der Waals surface area contributed by atoms with Gasteiger partial charge in [-0.3, -0.25) is 4.79 Å². The van der Waals surface area contributed by atoms with Crippen molar-refractivity contribution in [3.8, 4) is 5.75 Å². The first-order valence-electron chi connectivity index (χ1n) is 6.34. The first-order valence-corrected chi connectivity index (χ1v) is 6.34. The van der Waals surface area contributed by atoms with Gasteiger partial charge in [0.05, 0.1) is 6.61 Å². The molecule has 1 rings (SSSR count). The van der Waals surface area contributed by atoms with Crippen LogP contribution in [-0.4, -0.2) is 18.5 Å². The summed E-state index contributed by atoms with van der Waals surface area (Å²) in [4.78, 5) is 21.6. The third-order valence-corrected chi connectivity index (χ3v) is 2.46. The molecule has 0 aliphatic carbocycles. The van der Waals surface area contributed by atoms with E-state index in [4.69, 9.17) is 4.74 Å². The van der Waals surface area contributed by atoms with Crippen molar-refractivity contribution in [1.29, 1.82) is 0 Å². The average Bonchev–Trinajstić information content (AvgIpc) is 2.39. The predicted molar refractivity (Wildman–Crippen MR) is 69.7 cm³/mol. The number of benzene rings is 1. The highest BCUT2D eigenvalue weighted by Crippen LogP contribution is 2.16. The van der Waals surface area contributed by atoms with Crippen LogP contribution >= 0.6 is 0 Å². The first-order chi connectivity index (χ1) is 9.11. The minimum absolute atomic E-state index is 0.0862. The van der Waals surface area contributed by atoms with Crippen molar-refractivity contribution in [1.82, 2.24) is 0 Å². The van der Waals surface area contributed by atoms with E-state index in [-0.39, 0.29) is 18.7 Å². The van der Waals surface area contributed by atoms with Crippen LogP contribution in [-0.2, 0) is 9.59 Å². The first kappa shape index (κ1) is 15.0. The van der Waals surface area contributed by atoms with Crippen molar-refractivity contribution >= 4 is 17.6 Å². The molecule has 0 unspecified atom stereocenters. The summed E-state index contributed by atoms with van der Waals surface area (Å²) in [5.74, 6) is -0.820. The van der Waals surface area contributed by atoms with E-state index in [0.717, 1.165) is 18.6 Å². The number of carbonyl (C=O) groups is 2. The molecule has 1 N–H and O–H groups in total. The Morgan fingerprint density at radius 1 is 1.21 bits per heavy atom. The fourth-order valence-electron chi connectivity index (χ4n) is 1.41. The maximum atomic E-state index is 11.4. The van der Waals surface area contributed by atoms with Crippen LogP contribution in [0.3, 0.4) is 0 Å². The van der Waals surface area contributed by atoms with E-state index in [9.17, 15) is 14.7 Å². The van der Waals surface area contributed by atoms with Gasteiger partial charge in [-0.25, -0.2) is 0 Å². The molecule has 0 fully saturated rings. The van der Waals surface area contributed by atoms with Crippen LogP contribution in [0.25, 0.3) is 0 Å². The third-order valence-electron chi connectivity index (χ3n) is 2.46. The van der Waals surface area contributed by atoms with Gasteiger partial charge >= 0.3 is 0 Å². The number of carbonyl (C=O) groups excluding carboxylic acids is 2. The zero-order valence-electron chi connectivity index (χ0n) is 11.0. The van der Waals surface area contributed by atoms with Crippen molar-refractivity contribution in [2.75, 3.05) is 11.9 Å². The van der Waals surface area contributed by atoms with Crippen molar-refractivity contribution in [2.45, 2.75) is 32.6 Å². The van der Waals surface area contributed by atoms with E-state index in [0.29, 0.717) is 12.3 Å². The summed E-state index contributed by atoms with van der Waals surface area (Å²) in [5.41, 5.74) is 0.617. The Hall–Kier alpha value is -2.04. The van der Waals surface area contributed by atoms with Gasteiger partial charge in [-0.05, 0) is 37.1 Å². The Balaban J connectivity index is 2.39. The van der Waals surface area contributed by atoms with Crippen molar-refractivity contribution < 1.29 is 19.4 Å². The molecule has 1 amide bonds. The number of aliphatic carboxylic acids is 1. The van der Waals surface area contributed by atoms with Crippen LogP contribution < -0.4 is 15.2 Å². The molecular formula is C14H18NO4-. The molecule has 0 aromatic heterocycles. The van der Waals surface area contributed by atoms with E-state index in [1.807, 2.05) is 0 Å². The van der Waals surface area contributed by atoms with Gasteiger partial charge in [-0.2, -0.15) is 0 Å². The van der Waals surface area contributed by atoms with E-state index in [1.165, 1.54) is 0 Å². The van der Waals surface area contributed by atoms with Gasteiger partial charge in [0, 0.05) is 18.1 Å². The average molecular weight is 264 g/mol. The second-order valence-electron chi connectivity index (χ2n) is 4.15. The SMILES string of the molecule is CCCCOc1ccc(NC(=O)CCC(=O)[O-])cc1. The topological polar surface area (TPSA) is 78.5 Å². The van der Waals surface area contributed by atoms with Gasteiger partial charge < -0.3 is 20.0 Å². The summed E-state index contributed by atoms with van der Waals surface area (Å²) >= 11 is 0. The molecule has 0 saturated carbocycles. The summed E-state index contributed by atoms with van der Waals surface area (Å²) in [6, 6.07) is 6.98. The highest BCUT2D eigenvalue weighted by molar-refractivity contribution is 5.92. The molecule has 0 bridgehead atoms. The van der Waals surface area contributed by atoms with E-state index in [2.05, 4.69) is 12.2 Å². The number of ether oxygens (including phenoxy) is 1. The monoisotopic (exact) mass is 264 g/mol. The Morgan fingerprint density at radius 2 is 1.89 bits per heavy atom. The molecule has 0 aliphatic heterocycles. The summed E-state index contributed by atoms with van der Waals surface area (Å²) in [5, 5.41) is 12.8. The number of nitrogens with one attached hydrogen (secondary N) is 1. The van der Waals surface area contributed by atoms with Crippen LogP contribution in [0.1, 0.15) is 32.6 Å². The lowest BCUT2D eigenvalue weighted by atomic mass is 10.2. The molecule has 0 spiro atoms. The Morgan fingerprint density at radius 3 is 2.47 bits per heavy atom. The summed E-state index contributed by atoms with van der Waals surface area (Å²) in [6.07, 6.45) is 1.72. The zero-order valence-corrected chi connectivity index (χ0v) is 11.0. The number of hydrogen-bond acceptors (Lipinski definition) is 4. The lowest BCUT2D eigenvalue weighted by Gasteiger charge is -2.08. The maximum Gasteiger partial charge on any atom is 0.224 e. The molecule has 0 heterocycles. The number of carboxylic acids is 1. The normalized spacial score (nSPS) is 9.95. The Kier molecular flexibility index (Phi) is 6.43. The molecule has 1 aromatic carbocycles. The van der Waals surface area contributed by atoms with E-state index < -0.39 is 5.97 Å². The van der Waals surface area contributed by atoms with Crippen LogP contribution in [0, 0.1) is 0 Å². The number of carboxylic acid groups (broad SMARTS) is 1. The van der Waals surface area contributed by atoms with Crippen LogP contribution in [0.5, 0.6) is 5.75 Å². The highest BCUT2D eigenvalue weighted by atomic mass is 16.5. The summed E-state index contributed by atoms with van der Waals surface area (Å²) in [7, 11) is 0. The standard InChI is InChI=1S/C14H19NO4/c1-2-3-10-19-12-6-4-11(5-7-12)15-13(16)8-9-14(17)18/h4-7H,2-3,8-10H2,1H3,(H,15,16)(H,17,18)/p-1. The highest BCUT2D eigenvalue weighted by Gasteiger charge is 2.02. The fraction of sp³-hybridized carbons (Fsp3) is 0.429. The largest absolute Gasteiger partial charge is 0.550 e. The summed E-state index contributed by atoms with van der Waals surface area (Å²) in [6.45, 7) is 2.77. The predicted octanol–water partition coefficient (Wildman–Crippen LogP) is 1.33. The minimum Gasteiger partial charge on any atom is -0.550 e. The van der Waals surface area contributed by atoms with Gasteiger partial charge in [0.15, 0.2) is 0 Å². The lowest BCUT2D eigenvalue weighted by molar-refractivity contribution is -0.305. The fourth-order valence-corrected chi connectivity index (χ4v) is 1.41. The van der Waals surface area contributed by atoms with Crippen LogP contribution in [0.2, 0.25) is 0 Å². The molecule has 5 nitrogen and oxygen atoms in total. The lowest BCUT2D eigenvalue weighted by Crippen LogP contribution is -2.24.